The number of aromatic nitrogens is 2. The zero-order valence-electron chi connectivity index (χ0n) is 14.3. The first-order valence-electron chi connectivity index (χ1n) is 9.00. The summed E-state index contributed by atoms with van der Waals surface area (Å²) < 4.78 is 5.34. The van der Waals surface area contributed by atoms with E-state index >= 15 is 0 Å². The molecule has 0 bridgehead atoms. The highest BCUT2D eigenvalue weighted by Crippen LogP contribution is 2.31. The topological polar surface area (TPSA) is 62.5 Å². The Balaban J connectivity index is 1.55. The Bertz CT molecular complexity index is 522. The Kier molecular flexibility index (Phi) is 5.30. The van der Waals surface area contributed by atoms with Crippen LogP contribution in [-0.4, -0.2) is 52.0 Å². The van der Waals surface area contributed by atoms with Crippen LogP contribution in [0.4, 0.5) is 0 Å². The smallest absolute Gasteiger partial charge is 0.229 e. The molecule has 3 rings (SSSR count). The van der Waals surface area contributed by atoms with Crippen LogP contribution in [0.25, 0.3) is 0 Å². The quantitative estimate of drug-likeness (QED) is 0.835. The summed E-state index contributed by atoms with van der Waals surface area (Å²) >= 11 is 0. The molecule has 6 nitrogen and oxygen atoms in total. The van der Waals surface area contributed by atoms with Gasteiger partial charge < -0.3 is 9.42 Å². The van der Waals surface area contributed by atoms with Crippen molar-refractivity contribution in [2.45, 2.75) is 64.3 Å². The van der Waals surface area contributed by atoms with E-state index in [-0.39, 0.29) is 12.0 Å². The molecule has 2 aliphatic heterocycles. The molecule has 0 spiro atoms. The molecule has 1 amide bonds. The second-order valence-electron chi connectivity index (χ2n) is 7.03. The number of hydrogen-bond donors (Lipinski definition) is 0. The Hall–Kier alpha value is -1.43. The number of piperidine rings is 1. The van der Waals surface area contributed by atoms with Gasteiger partial charge in [-0.3, -0.25) is 9.69 Å². The molecular formula is C17H28N4O2. The van der Waals surface area contributed by atoms with Crippen LogP contribution in [0.2, 0.25) is 0 Å². The van der Waals surface area contributed by atoms with E-state index in [0.29, 0.717) is 18.2 Å². The van der Waals surface area contributed by atoms with Crippen LogP contribution in [0.3, 0.4) is 0 Å². The van der Waals surface area contributed by atoms with Gasteiger partial charge in [-0.2, -0.15) is 4.98 Å². The summed E-state index contributed by atoms with van der Waals surface area (Å²) in [4.78, 5) is 21.3. The molecule has 1 aromatic rings. The first-order valence-corrected chi connectivity index (χ1v) is 9.00. The van der Waals surface area contributed by atoms with Crippen molar-refractivity contribution in [2.24, 2.45) is 0 Å². The minimum atomic E-state index is 0.209. The van der Waals surface area contributed by atoms with E-state index in [4.69, 9.17) is 4.52 Å². The van der Waals surface area contributed by atoms with Crippen LogP contribution in [0.15, 0.2) is 4.52 Å². The number of carbonyl (C=O) groups is 1. The summed E-state index contributed by atoms with van der Waals surface area (Å²) in [6.45, 7) is 7.80. The lowest BCUT2D eigenvalue weighted by atomic mass is 10.1. The number of amides is 1. The number of nitrogens with zero attached hydrogens (tertiary/aromatic N) is 4. The van der Waals surface area contributed by atoms with E-state index in [0.717, 1.165) is 57.7 Å². The molecule has 1 unspecified atom stereocenters. The molecule has 0 radical (unpaired) electrons. The van der Waals surface area contributed by atoms with Gasteiger partial charge in [-0.15, -0.1) is 0 Å². The standard InChI is InChI=1S/C17H28N4O2/c1-13(2)17-18-16(19-23-17)14-7-6-11-20(14)12-8-15(22)21-9-4-3-5-10-21/h13-14H,3-12H2,1-2H3. The lowest BCUT2D eigenvalue weighted by molar-refractivity contribution is -0.132. The third-order valence-electron chi connectivity index (χ3n) is 4.93. The van der Waals surface area contributed by atoms with Crippen LogP contribution in [-0.2, 0) is 4.79 Å². The third kappa shape index (κ3) is 3.91. The maximum atomic E-state index is 12.3. The predicted octanol–water partition coefficient (Wildman–Crippen LogP) is 2.73. The fourth-order valence-electron chi connectivity index (χ4n) is 3.54. The van der Waals surface area contributed by atoms with Gasteiger partial charge in [0.15, 0.2) is 5.82 Å². The molecule has 128 valence electrons. The molecule has 0 aromatic carbocycles. The second kappa shape index (κ2) is 7.43. The normalized spacial score (nSPS) is 22.9. The van der Waals surface area contributed by atoms with E-state index in [1.54, 1.807) is 0 Å². The summed E-state index contributed by atoms with van der Waals surface area (Å²) in [7, 11) is 0. The lowest BCUT2D eigenvalue weighted by Crippen LogP contribution is -2.37. The van der Waals surface area contributed by atoms with Crippen LogP contribution < -0.4 is 0 Å². The molecular weight excluding hydrogens is 292 g/mol. The Morgan fingerprint density at radius 2 is 2.00 bits per heavy atom. The number of hydrogen-bond acceptors (Lipinski definition) is 5. The Morgan fingerprint density at radius 3 is 2.70 bits per heavy atom. The van der Waals surface area contributed by atoms with Gasteiger partial charge >= 0.3 is 0 Å². The summed E-state index contributed by atoms with van der Waals surface area (Å²) in [6.07, 6.45) is 6.35. The number of carbonyl (C=O) groups excluding carboxylic acids is 1. The van der Waals surface area contributed by atoms with Gasteiger partial charge in [0.2, 0.25) is 11.8 Å². The molecule has 1 atom stereocenters. The van der Waals surface area contributed by atoms with Gasteiger partial charge in [0.1, 0.15) is 0 Å². The average molecular weight is 320 g/mol. The second-order valence-corrected chi connectivity index (χ2v) is 7.03. The average Bonchev–Trinajstić information content (AvgIpc) is 3.22. The summed E-state index contributed by atoms with van der Waals surface area (Å²) in [5.41, 5.74) is 0. The van der Waals surface area contributed by atoms with Gasteiger partial charge in [-0.25, -0.2) is 0 Å². The Labute approximate surface area is 138 Å². The number of likely N-dealkylation sites (tertiary alicyclic amines) is 2. The minimum absolute atomic E-state index is 0.209. The molecule has 6 heteroatoms. The highest BCUT2D eigenvalue weighted by Gasteiger charge is 2.31. The van der Waals surface area contributed by atoms with Gasteiger partial charge in [-0.1, -0.05) is 19.0 Å². The van der Waals surface area contributed by atoms with Crippen molar-refractivity contribution in [3.63, 3.8) is 0 Å². The Morgan fingerprint density at radius 1 is 1.22 bits per heavy atom. The monoisotopic (exact) mass is 320 g/mol. The first kappa shape index (κ1) is 16.4. The molecule has 2 fully saturated rings. The summed E-state index contributed by atoms with van der Waals surface area (Å²) in [6, 6.07) is 0.209. The SMILES string of the molecule is CC(C)c1nc(C2CCCN2CCC(=O)N2CCCCC2)no1. The molecule has 0 aliphatic carbocycles. The number of rotatable bonds is 5. The van der Waals surface area contributed by atoms with Gasteiger partial charge in [-0.05, 0) is 38.6 Å². The maximum Gasteiger partial charge on any atom is 0.229 e. The van der Waals surface area contributed by atoms with Crippen molar-refractivity contribution in [3.8, 4) is 0 Å². The van der Waals surface area contributed by atoms with E-state index in [2.05, 4.69) is 28.9 Å². The first-order chi connectivity index (χ1) is 11.1. The molecule has 2 saturated heterocycles. The minimum Gasteiger partial charge on any atom is -0.343 e. The molecule has 0 N–H and O–H groups in total. The summed E-state index contributed by atoms with van der Waals surface area (Å²) in [5, 5.41) is 4.16. The van der Waals surface area contributed by atoms with E-state index in [1.807, 2.05) is 4.90 Å². The van der Waals surface area contributed by atoms with Crippen molar-refractivity contribution in [1.29, 1.82) is 0 Å². The van der Waals surface area contributed by atoms with Crippen molar-refractivity contribution >= 4 is 5.91 Å². The largest absolute Gasteiger partial charge is 0.343 e. The molecule has 3 heterocycles. The fourth-order valence-corrected chi connectivity index (χ4v) is 3.54. The molecule has 2 aliphatic rings. The van der Waals surface area contributed by atoms with Crippen LogP contribution in [0.1, 0.15) is 76.0 Å². The fraction of sp³-hybridized carbons (Fsp3) is 0.824. The van der Waals surface area contributed by atoms with Gasteiger partial charge in [0, 0.05) is 32.0 Å². The highest BCUT2D eigenvalue weighted by atomic mass is 16.5. The highest BCUT2D eigenvalue weighted by molar-refractivity contribution is 5.76. The predicted molar refractivity (Wildman–Crippen MR) is 87.0 cm³/mol. The zero-order valence-corrected chi connectivity index (χ0v) is 14.3. The van der Waals surface area contributed by atoms with Crippen LogP contribution >= 0.6 is 0 Å². The van der Waals surface area contributed by atoms with Crippen LogP contribution in [0, 0.1) is 0 Å². The van der Waals surface area contributed by atoms with E-state index < -0.39 is 0 Å². The third-order valence-corrected chi connectivity index (χ3v) is 4.93. The van der Waals surface area contributed by atoms with Crippen LogP contribution in [0.5, 0.6) is 0 Å². The van der Waals surface area contributed by atoms with Crippen molar-refractivity contribution in [1.82, 2.24) is 19.9 Å². The van der Waals surface area contributed by atoms with E-state index in [9.17, 15) is 4.79 Å². The van der Waals surface area contributed by atoms with E-state index in [1.165, 1.54) is 6.42 Å². The van der Waals surface area contributed by atoms with Crippen molar-refractivity contribution < 1.29 is 9.32 Å². The zero-order chi connectivity index (χ0) is 16.2. The summed E-state index contributed by atoms with van der Waals surface area (Å²) in [5.74, 6) is 2.05. The lowest BCUT2D eigenvalue weighted by Gasteiger charge is -2.28. The van der Waals surface area contributed by atoms with Crippen molar-refractivity contribution in [2.75, 3.05) is 26.2 Å². The maximum absolute atomic E-state index is 12.3. The van der Waals surface area contributed by atoms with Gasteiger partial charge in [0.05, 0.1) is 6.04 Å². The molecule has 1 aromatic heterocycles. The molecule has 23 heavy (non-hydrogen) atoms. The van der Waals surface area contributed by atoms with Gasteiger partial charge in [0.25, 0.3) is 0 Å². The van der Waals surface area contributed by atoms with Crippen molar-refractivity contribution in [3.05, 3.63) is 11.7 Å². The molecule has 0 saturated carbocycles.